The third-order valence-electron chi connectivity index (χ3n) is 4.13. The van der Waals surface area contributed by atoms with Gasteiger partial charge in [-0.15, -0.1) is 0 Å². The second-order valence-electron chi connectivity index (χ2n) is 5.61. The molecule has 9 heteroatoms. The topological polar surface area (TPSA) is 82.7 Å². The summed E-state index contributed by atoms with van der Waals surface area (Å²) >= 11 is 5.89. The molecule has 0 aliphatic carbocycles. The number of esters is 1. The first-order valence-electron chi connectivity index (χ1n) is 7.69. The molecule has 1 aliphatic rings. The zero-order valence-electron chi connectivity index (χ0n) is 13.6. The zero-order chi connectivity index (χ0) is 18.0. The number of piperazine rings is 1. The molecule has 0 saturated carbocycles. The number of H-pyrrole nitrogens is 1. The number of ether oxygens (including phenoxy) is 1. The largest absolute Gasteiger partial charge is 0.464 e. The lowest BCUT2D eigenvalue weighted by Crippen LogP contribution is -2.48. The number of sulfonamides is 1. The van der Waals surface area contributed by atoms with Gasteiger partial charge in [0.05, 0.1) is 7.11 Å². The normalized spacial score (nSPS) is 16.0. The number of carbonyl (C=O) groups is 1. The minimum atomic E-state index is -3.65. The first-order chi connectivity index (χ1) is 11.9. The number of halogens is 1. The highest BCUT2D eigenvalue weighted by atomic mass is 35.5. The molecule has 134 valence electrons. The molecular weight excluding hydrogens is 366 g/mol. The molecule has 0 bridgehead atoms. The molecule has 1 fully saturated rings. The summed E-state index contributed by atoms with van der Waals surface area (Å²) in [5.74, 6) is -0.603. The summed E-state index contributed by atoms with van der Waals surface area (Å²) in [6.07, 6.45) is 1.31. The van der Waals surface area contributed by atoms with E-state index in [0.29, 0.717) is 31.2 Å². The van der Waals surface area contributed by atoms with Gasteiger partial charge in [-0.1, -0.05) is 11.6 Å². The van der Waals surface area contributed by atoms with Crippen LogP contribution in [-0.4, -0.2) is 57.0 Å². The summed E-state index contributed by atoms with van der Waals surface area (Å²) in [5.41, 5.74) is 1.12. The fourth-order valence-electron chi connectivity index (χ4n) is 2.74. The number of hydrogen-bond donors (Lipinski definition) is 1. The zero-order valence-corrected chi connectivity index (χ0v) is 15.2. The van der Waals surface area contributed by atoms with E-state index in [1.165, 1.54) is 23.7 Å². The van der Waals surface area contributed by atoms with Crippen molar-refractivity contribution >= 4 is 33.3 Å². The number of methoxy groups -OCH3 is 1. The van der Waals surface area contributed by atoms with Crippen molar-refractivity contribution in [3.63, 3.8) is 0 Å². The molecule has 0 atom stereocenters. The molecule has 1 N–H and O–H groups in total. The highest BCUT2D eigenvalue weighted by Gasteiger charge is 2.30. The van der Waals surface area contributed by atoms with Crippen molar-refractivity contribution in [3.05, 3.63) is 47.2 Å². The quantitative estimate of drug-likeness (QED) is 0.816. The van der Waals surface area contributed by atoms with Gasteiger partial charge in [-0.05, 0) is 30.3 Å². The van der Waals surface area contributed by atoms with Gasteiger partial charge >= 0.3 is 5.97 Å². The van der Waals surface area contributed by atoms with Gasteiger partial charge in [0.1, 0.15) is 10.6 Å². The smallest absolute Gasteiger partial charge is 0.354 e. The van der Waals surface area contributed by atoms with Crippen molar-refractivity contribution in [2.45, 2.75) is 4.90 Å². The van der Waals surface area contributed by atoms with E-state index in [2.05, 4.69) is 14.6 Å². The summed E-state index contributed by atoms with van der Waals surface area (Å²) < 4.78 is 31.4. The van der Waals surface area contributed by atoms with Crippen LogP contribution in [0, 0.1) is 0 Å². The molecule has 1 saturated heterocycles. The maximum Gasteiger partial charge on any atom is 0.354 e. The number of hydrogen-bond acceptors (Lipinski definition) is 5. The Morgan fingerprint density at radius 3 is 2.40 bits per heavy atom. The van der Waals surface area contributed by atoms with Crippen LogP contribution in [0.2, 0.25) is 5.02 Å². The lowest BCUT2D eigenvalue weighted by atomic mass is 10.2. The number of rotatable bonds is 4. The molecule has 0 amide bonds. The lowest BCUT2D eigenvalue weighted by molar-refractivity contribution is 0.0594. The van der Waals surface area contributed by atoms with Crippen molar-refractivity contribution in [3.8, 4) is 0 Å². The van der Waals surface area contributed by atoms with Gasteiger partial charge in [0, 0.05) is 43.1 Å². The Balaban J connectivity index is 1.70. The third-order valence-corrected chi connectivity index (χ3v) is 6.26. The molecular formula is C16H18ClN3O4S. The van der Waals surface area contributed by atoms with E-state index in [-0.39, 0.29) is 10.6 Å². The number of nitrogens with one attached hydrogen (secondary N) is 1. The summed E-state index contributed by atoms with van der Waals surface area (Å²) in [6.45, 7) is 1.89. The first-order valence-corrected chi connectivity index (χ1v) is 9.51. The summed E-state index contributed by atoms with van der Waals surface area (Å²) in [4.78, 5) is 16.3. The molecule has 1 aromatic heterocycles. The average Bonchev–Trinajstić information content (AvgIpc) is 3.13. The Hall–Kier alpha value is -2.03. The van der Waals surface area contributed by atoms with Crippen LogP contribution in [0.15, 0.2) is 41.4 Å². The standard InChI is InChI=1S/C16H18ClN3O4S/c1-24-16(21)15-10-14(11-18-15)25(22,23)20-8-6-19(7-9-20)13-4-2-12(17)3-5-13/h2-5,10-11,18H,6-9H2,1H3. The molecule has 7 nitrogen and oxygen atoms in total. The Labute approximate surface area is 151 Å². The number of nitrogens with zero attached hydrogens (tertiary/aromatic N) is 2. The number of carbonyl (C=O) groups excluding carboxylic acids is 1. The van der Waals surface area contributed by atoms with E-state index in [1.54, 1.807) is 0 Å². The Bertz CT molecular complexity index is 856. The van der Waals surface area contributed by atoms with E-state index in [4.69, 9.17) is 11.6 Å². The van der Waals surface area contributed by atoms with Crippen molar-refractivity contribution < 1.29 is 17.9 Å². The molecule has 0 unspecified atom stereocenters. The van der Waals surface area contributed by atoms with Gasteiger partial charge in [0.15, 0.2) is 0 Å². The number of benzene rings is 1. The lowest BCUT2D eigenvalue weighted by Gasteiger charge is -2.35. The molecule has 1 aromatic carbocycles. The van der Waals surface area contributed by atoms with Gasteiger partial charge in [0.2, 0.25) is 10.0 Å². The van der Waals surface area contributed by atoms with Crippen LogP contribution in [0.25, 0.3) is 0 Å². The van der Waals surface area contributed by atoms with Crippen molar-refractivity contribution in [1.29, 1.82) is 0 Å². The van der Waals surface area contributed by atoms with Crippen LogP contribution in [0.5, 0.6) is 0 Å². The van der Waals surface area contributed by atoms with Crippen molar-refractivity contribution in [2.75, 3.05) is 38.2 Å². The Morgan fingerprint density at radius 1 is 1.16 bits per heavy atom. The van der Waals surface area contributed by atoms with E-state index in [9.17, 15) is 13.2 Å². The SMILES string of the molecule is COC(=O)c1cc(S(=O)(=O)N2CCN(c3ccc(Cl)cc3)CC2)c[nH]1. The molecule has 0 spiro atoms. The highest BCUT2D eigenvalue weighted by molar-refractivity contribution is 7.89. The second-order valence-corrected chi connectivity index (χ2v) is 7.98. The van der Waals surface area contributed by atoms with Gasteiger partial charge in [-0.3, -0.25) is 0 Å². The molecule has 2 heterocycles. The average molecular weight is 384 g/mol. The van der Waals surface area contributed by atoms with Crippen molar-refractivity contribution in [1.82, 2.24) is 9.29 Å². The molecule has 2 aromatic rings. The minimum Gasteiger partial charge on any atom is -0.464 e. The Morgan fingerprint density at radius 2 is 1.80 bits per heavy atom. The van der Waals surface area contributed by atoms with Crippen LogP contribution < -0.4 is 4.90 Å². The number of aromatic amines is 1. The van der Waals surface area contributed by atoms with Crippen LogP contribution >= 0.6 is 11.6 Å². The van der Waals surface area contributed by atoms with E-state index < -0.39 is 16.0 Å². The first kappa shape index (κ1) is 17.8. The second kappa shape index (κ2) is 7.07. The maximum atomic E-state index is 12.7. The molecule has 1 aliphatic heterocycles. The third kappa shape index (κ3) is 3.65. The Kier molecular flexibility index (Phi) is 5.03. The van der Waals surface area contributed by atoms with Gasteiger partial charge in [0.25, 0.3) is 0 Å². The molecule has 3 rings (SSSR count). The van der Waals surface area contributed by atoms with Crippen LogP contribution in [-0.2, 0) is 14.8 Å². The number of aromatic nitrogens is 1. The molecule has 25 heavy (non-hydrogen) atoms. The van der Waals surface area contributed by atoms with Crippen LogP contribution in [0.4, 0.5) is 5.69 Å². The van der Waals surface area contributed by atoms with Crippen LogP contribution in [0.3, 0.4) is 0 Å². The fourth-order valence-corrected chi connectivity index (χ4v) is 4.28. The minimum absolute atomic E-state index is 0.0628. The monoisotopic (exact) mass is 383 g/mol. The van der Waals surface area contributed by atoms with Gasteiger partial charge in [-0.2, -0.15) is 4.31 Å². The fraction of sp³-hybridized carbons (Fsp3) is 0.312. The van der Waals surface area contributed by atoms with Gasteiger partial charge in [-0.25, -0.2) is 13.2 Å². The van der Waals surface area contributed by atoms with Crippen molar-refractivity contribution in [2.24, 2.45) is 0 Å². The summed E-state index contributed by atoms with van der Waals surface area (Å²) in [5, 5.41) is 0.666. The molecule has 0 radical (unpaired) electrons. The van der Waals surface area contributed by atoms with Crippen LogP contribution in [0.1, 0.15) is 10.5 Å². The predicted octanol–water partition coefficient (Wildman–Crippen LogP) is 1.97. The highest BCUT2D eigenvalue weighted by Crippen LogP contribution is 2.23. The summed E-state index contributed by atoms with van der Waals surface area (Å²) in [7, 11) is -2.41. The van der Waals surface area contributed by atoms with E-state index in [0.717, 1.165) is 5.69 Å². The van der Waals surface area contributed by atoms with E-state index in [1.807, 2.05) is 24.3 Å². The predicted molar refractivity (Wildman–Crippen MR) is 94.6 cm³/mol. The number of anilines is 1. The van der Waals surface area contributed by atoms with E-state index >= 15 is 0 Å². The maximum absolute atomic E-state index is 12.7. The summed E-state index contributed by atoms with van der Waals surface area (Å²) in [6, 6.07) is 8.76. The van der Waals surface area contributed by atoms with Gasteiger partial charge < -0.3 is 14.6 Å².